The zero-order valence-corrected chi connectivity index (χ0v) is 18.8. The molecule has 0 aliphatic heterocycles. The van der Waals surface area contributed by atoms with Crippen molar-refractivity contribution in [2.24, 2.45) is 0 Å². The van der Waals surface area contributed by atoms with E-state index in [-0.39, 0.29) is 0 Å². The summed E-state index contributed by atoms with van der Waals surface area (Å²) < 4.78 is 2.24. The lowest BCUT2D eigenvalue weighted by Crippen LogP contribution is -1.97. The van der Waals surface area contributed by atoms with Crippen LogP contribution in [0.15, 0.2) is 115 Å². The minimum Gasteiger partial charge on any atom is -0.309 e. The van der Waals surface area contributed by atoms with Gasteiger partial charge in [0.2, 0.25) is 0 Å². The number of aromatic nitrogens is 1. The van der Waals surface area contributed by atoms with Gasteiger partial charge >= 0.3 is 0 Å². The molecule has 0 aliphatic carbocycles. The molecule has 0 amide bonds. The van der Waals surface area contributed by atoms with Crippen LogP contribution in [0.1, 0.15) is 11.1 Å². The van der Waals surface area contributed by atoms with E-state index in [0.29, 0.717) is 16.7 Å². The maximum atomic E-state index is 9.87. The van der Waals surface area contributed by atoms with Crippen molar-refractivity contribution in [1.29, 1.82) is 10.5 Å². The lowest BCUT2D eigenvalue weighted by Gasteiger charge is -2.14. The molecule has 0 spiro atoms. The maximum absolute atomic E-state index is 9.87. The highest BCUT2D eigenvalue weighted by Gasteiger charge is 2.19. The molecule has 3 heteroatoms. The summed E-state index contributed by atoms with van der Waals surface area (Å²) in [6, 6.07) is 43.2. The molecule has 0 N–H and O–H groups in total. The summed E-state index contributed by atoms with van der Waals surface area (Å²) >= 11 is 0. The van der Waals surface area contributed by atoms with Gasteiger partial charge in [-0.25, -0.2) is 0 Å². The first-order valence-electron chi connectivity index (χ1n) is 11.4. The molecule has 6 rings (SSSR count). The lowest BCUT2D eigenvalue weighted by atomic mass is 9.93. The van der Waals surface area contributed by atoms with Crippen LogP contribution >= 0.6 is 0 Å². The van der Waals surface area contributed by atoms with E-state index in [0.717, 1.165) is 38.6 Å². The Morgan fingerprint density at radius 1 is 0.514 bits per heavy atom. The highest BCUT2D eigenvalue weighted by atomic mass is 15.0. The molecule has 6 aromatic rings. The first-order chi connectivity index (χ1) is 17.3. The largest absolute Gasteiger partial charge is 0.309 e. The Balaban J connectivity index is 1.69. The van der Waals surface area contributed by atoms with E-state index >= 15 is 0 Å². The van der Waals surface area contributed by atoms with Crippen molar-refractivity contribution in [2.75, 3.05) is 0 Å². The van der Waals surface area contributed by atoms with Gasteiger partial charge in [0.15, 0.2) is 0 Å². The molecule has 0 aliphatic rings. The summed E-state index contributed by atoms with van der Waals surface area (Å²) in [6.07, 6.45) is 0. The normalized spacial score (nSPS) is 10.8. The average molecular weight is 446 g/mol. The Bertz CT molecular complexity index is 1760. The smallest absolute Gasteiger partial charge is 0.0998 e. The maximum Gasteiger partial charge on any atom is 0.0998 e. The molecule has 1 aromatic heterocycles. The van der Waals surface area contributed by atoms with E-state index in [9.17, 15) is 10.5 Å². The van der Waals surface area contributed by atoms with Gasteiger partial charge in [-0.1, -0.05) is 84.9 Å². The zero-order valence-electron chi connectivity index (χ0n) is 18.8. The van der Waals surface area contributed by atoms with E-state index in [1.54, 1.807) is 18.2 Å². The predicted molar refractivity (Wildman–Crippen MR) is 141 cm³/mol. The minimum atomic E-state index is 0.493. The number of fused-ring (bicyclic) bond motifs is 3. The molecule has 0 radical (unpaired) electrons. The number of hydrogen-bond acceptors (Lipinski definition) is 2. The van der Waals surface area contributed by atoms with Gasteiger partial charge in [0, 0.05) is 27.6 Å². The van der Waals surface area contributed by atoms with Gasteiger partial charge in [-0.05, 0) is 41.5 Å². The molecule has 0 saturated heterocycles. The fraction of sp³-hybridized carbons (Fsp3) is 0. The zero-order chi connectivity index (χ0) is 23.8. The van der Waals surface area contributed by atoms with Gasteiger partial charge in [-0.3, -0.25) is 0 Å². The Morgan fingerprint density at radius 3 is 1.83 bits per heavy atom. The molecule has 0 fully saturated rings. The summed E-state index contributed by atoms with van der Waals surface area (Å²) in [6.45, 7) is 0. The molecule has 162 valence electrons. The minimum absolute atomic E-state index is 0.493. The fourth-order valence-corrected chi connectivity index (χ4v) is 4.95. The van der Waals surface area contributed by atoms with Gasteiger partial charge in [-0.15, -0.1) is 0 Å². The highest BCUT2D eigenvalue weighted by Crippen LogP contribution is 2.40. The van der Waals surface area contributed by atoms with Crippen LogP contribution in [0.3, 0.4) is 0 Å². The quantitative estimate of drug-likeness (QED) is 0.278. The van der Waals surface area contributed by atoms with Crippen LogP contribution < -0.4 is 0 Å². The average Bonchev–Trinajstić information content (AvgIpc) is 3.28. The third-order valence-corrected chi connectivity index (χ3v) is 6.50. The van der Waals surface area contributed by atoms with Crippen molar-refractivity contribution < 1.29 is 0 Å². The highest BCUT2D eigenvalue weighted by molar-refractivity contribution is 6.14. The molecule has 3 nitrogen and oxygen atoms in total. The first kappa shape index (κ1) is 20.5. The Kier molecular flexibility index (Phi) is 4.88. The molecule has 0 atom stereocenters. The van der Waals surface area contributed by atoms with Gasteiger partial charge in [0.25, 0.3) is 0 Å². The second-order valence-electron chi connectivity index (χ2n) is 8.42. The Morgan fingerprint density at radius 2 is 1.11 bits per heavy atom. The Hall–Kier alpha value is -5.12. The van der Waals surface area contributed by atoms with E-state index < -0.39 is 0 Å². The molecule has 0 saturated carbocycles. The van der Waals surface area contributed by atoms with Crippen molar-refractivity contribution in [3.05, 3.63) is 126 Å². The van der Waals surface area contributed by atoms with Crippen LogP contribution in [0.2, 0.25) is 0 Å². The number of nitrogens with zero attached hydrogens (tertiary/aromatic N) is 3. The fourth-order valence-electron chi connectivity index (χ4n) is 4.95. The van der Waals surface area contributed by atoms with Crippen LogP contribution in [0.4, 0.5) is 0 Å². The SMILES string of the molecule is N#Cc1cccc(C#N)c1-c1cccc2c3ccccc3n(-c3ccc(-c4ccccc4)cc3)c12. The molecule has 1 heterocycles. The van der Waals surface area contributed by atoms with Crippen LogP contribution in [0.25, 0.3) is 49.7 Å². The molecule has 5 aromatic carbocycles. The van der Waals surface area contributed by atoms with Crippen molar-refractivity contribution >= 4 is 21.8 Å². The third-order valence-electron chi connectivity index (χ3n) is 6.50. The predicted octanol–water partition coefficient (Wildman–Crippen LogP) is 7.86. The summed E-state index contributed by atoms with van der Waals surface area (Å²) in [4.78, 5) is 0. The number of rotatable bonds is 3. The first-order valence-corrected chi connectivity index (χ1v) is 11.4. The number of para-hydroxylation sites is 2. The number of hydrogen-bond donors (Lipinski definition) is 0. The van der Waals surface area contributed by atoms with Crippen LogP contribution in [-0.2, 0) is 0 Å². The van der Waals surface area contributed by atoms with Crippen LogP contribution in [-0.4, -0.2) is 4.57 Å². The van der Waals surface area contributed by atoms with E-state index in [1.807, 2.05) is 42.5 Å². The van der Waals surface area contributed by atoms with Crippen molar-refractivity contribution in [3.8, 4) is 40.1 Å². The molecule has 0 unspecified atom stereocenters. The molecular weight excluding hydrogens is 426 g/mol. The van der Waals surface area contributed by atoms with Crippen LogP contribution in [0, 0.1) is 22.7 Å². The van der Waals surface area contributed by atoms with E-state index in [2.05, 4.69) is 71.3 Å². The molecule has 0 bridgehead atoms. The van der Waals surface area contributed by atoms with Crippen molar-refractivity contribution in [2.45, 2.75) is 0 Å². The second-order valence-corrected chi connectivity index (χ2v) is 8.42. The number of benzene rings is 5. The lowest BCUT2D eigenvalue weighted by molar-refractivity contribution is 1.18. The third kappa shape index (κ3) is 3.27. The number of nitriles is 2. The van der Waals surface area contributed by atoms with Gasteiger partial charge in [0.1, 0.15) is 0 Å². The van der Waals surface area contributed by atoms with Gasteiger partial charge in [0.05, 0.1) is 34.3 Å². The van der Waals surface area contributed by atoms with Crippen molar-refractivity contribution in [3.63, 3.8) is 0 Å². The summed E-state index contributed by atoms with van der Waals surface area (Å²) in [7, 11) is 0. The standard InChI is InChI=1S/C32H19N3/c33-20-24-10-6-11-25(21-34)31(24)29-14-7-13-28-27-12-4-5-15-30(27)35(32(28)29)26-18-16-23(17-19-26)22-8-2-1-3-9-22/h1-19H. The van der Waals surface area contributed by atoms with Gasteiger partial charge < -0.3 is 4.57 Å². The molecule has 35 heavy (non-hydrogen) atoms. The Labute approximate surface area is 203 Å². The topological polar surface area (TPSA) is 52.5 Å². The van der Waals surface area contributed by atoms with E-state index in [1.165, 1.54) is 5.56 Å². The second kappa shape index (κ2) is 8.34. The van der Waals surface area contributed by atoms with Crippen LogP contribution in [0.5, 0.6) is 0 Å². The van der Waals surface area contributed by atoms with Crippen molar-refractivity contribution in [1.82, 2.24) is 4.57 Å². The monoisotopic (exact) mass is 445 g/mol. The van der Waals surface area contributed by atoms with E-state index in [4.69, 9.17) is 0 Å². The van der Waals surface area contributed by atoms with Gasteiger partial charge in [-0.2, -0.15) is 10.5 Å². The summed E-state index contributed by atoms with van der Waals surface area (Å²) in [5.74, 6) is 0. The molecular formula is C32H19N3. The summed E-state index contributed by atoms with van der Waals surface area (Å²) in [5, 5.41) is 22.0. The summed E-state index contributed by atoms with van der Waals surface area (Å²) in [5.41, 5.74) is 7.95.